The van der Waals surface area contributed by atoms with Gasteiger partial charge in [-0.15, -0.1) is 0 Å². The second-order valence-corrected chi connectivity index (χ2v) is 5.87. The van der Waals surface area contributed by atoms with Gasteiger partial charge in [-0.2, -0.15) is 0 Å². The zero-order chi connectivity index (χ0) is 14.2. The molecule has 1 aliphatic rings. The van der Waals surface area contributed by atoms with Gasteiger partial charge >= 0.3 is 0 Å². The topological polar surface area (TPSA) is 24.5 Å². The molecule has 0 bridgehead atoms. The number of nitrogens with zero attached hydrogens (tertiary/aromatic N) is 1. The molecule has 20 heavy (non-hydrogen) atoms. The number of benzene rings is 1. The van der Waals surface area contributed by atoms with Gasteiger partial charge in [-0.1, -0.05) is 37.3 Å². The van der Waals surface area contributed by atoms with E-state index in [0.717, 1.165) is 39.4 Å². The summed E-state index contributed by atoms with van der Waals surface area (Å²) in [5, 5.41) is 3.65. The van der Waals surface area contributed by atoms with Gasteiger partial charge < -0.3 is 10.1 Å². The summed E-state index contributed by atoms with van der Waals surface area (Å²) in [5.74, 6) is 0.624. The lowest BCUT2D eigenvalue weighted by molar-refractivity contribution is 0.0344. The smallest absolute Gasteiger partial charge is 0.0594 e. The van der Waals surface area contributed by atoms with E-state index in [9.17, 15) is 0 Å². The van der Waals surface area contributed by atoms with Crippen LogP contribution in [0.1, 0.15) is 31.7 Å². The van der Waals surface area contributed by atoms with Crippen LogP contribution in [0.3, 0.4) is 0 Å². The van der Waals surface area contributed by atoms with Crippen LogP contribution in [0.4, 0.5) is 0 Å². The van der Waals surface area contributed by atoms with E-state index in [0.29, 0.717) is 12.0 Å². The van der Waals surface area contributed by atoms with Crippen LogP contribution in [0.15, 0.2) is 30.3 Å². The fourth-order valence-corrected chi connectivity index (χ4v) is 2.73. The molecule has 3 heteroatoms. The first-order chi connectivity index (χ1) is 9.75. The first-order valence-corrected chi connectivity index (χ1v) is 7.84. The molecule has 3 nitrogen and oxygen atoms in total. The van der Waals surface area contributed by atoms with Crippen molar-refractivity contribution in [3.05, 3.63) is 35.9 Å². The minimum Gasteiger partial charge on any atom is -0.379 e. The lowest BCUT2D eigenvalue weighted by atomic mass is 9.98. The van der Waals surface area contributed by atoms with Gasteiger partial charge in [0, 0.05) is 25.7 Å². The van der Waals surface area contributed by atoms with E-state index in [-0.39, 0.29) is 0 Å². The normalized spacial score (nSPS) is 19.7. The van der Waals surface area contributed by atoms with Crippen molar-refractivity contribution in [3.8, 4) is 0 Å². The highest BCUT2D eigenvalue weighted by Gasteiger charge is 2.13. The Hall–Kier alpha value is -0.900. The summed E-state index contributed by atoms with van der Waals surface area (Å²) in [7, 11) is 0. The second kappa shape index (κ2) is 8.40. The van der Waals surface area contributed by atoms with E-state index in [1.54, 1.807) is 0 Å². The zero-order valence-electron chi connectivity index (χ0n) is 12.8. The maximum absolute atomic E-state index is 5.38. The van der Waals surface area contributed by atoms with Crippen LogP contribution >= 0.6 is 0 Å². The van der Waals surface area contributed by atoms with Crippen LogP contribution in [0.5, 0.6) is 0 Å². The van der Waals surface area contributed by atoms with E-state index >= 15 is 0 Å². The quantitative estimate of drug-likeness (QED) is 0.828. The third kappa shape index (κ3) is 5.23. The summed E-state index contributed by atoms with van der Waals surface area (Å²) in [6.07, 6.45) is 1.19. The summed E-state index contributed by atoms with van der Waals surface area (Å²) in [6, 6.07) is 11.3. The van der Waals surface area contributed by atoms with Crippen molar-refractivity contribution in [2.75, 3.05) is 39.4 Å². The molecular formula is C17H28N2O. The third-order valence-electron chi connectivity index (χ3n) is 4.07. The number of rotatable bonds is 7. The Morgan fingerprint density at radius 1 is 1.15 bits per heavy atom. The molecule has 0 aliphatic carbocycles. The summed E-state index contributed by atoms with van der Waals surface area (Å²) < 4.78 is 5.38. The first kappa shape index (κ1) is 15.5. The lowest BCUT2D eigenvalue weighted by Crippen LogP contribution is -2.44. The largest absolute Gasteiger partial charge is 0.379 e. The van der Waals surface area contributed by atoms with Gasteiger partial charge in [-0.3, -0.25) is 4.90 Å². The lowest BCUT2D eigenvalue weighted by Gasteiger charge is -2.29. The molecule has 2 rings (SSSR count). The van der Waals surface area contributed by atoms with Crippen LogP contribution in [0.25, 0.3) is 0 Å². The van der Waals surface area contributed by atoms with Crippen molar-refractivity contribution < 1.29 is 4.74 Å². The molecule has 2 atom stereocenters. The van der Waals surface area contributed by atoms with Gasteiger partial charge in [0.1, 0.15) is 0 Å². The molecule has 1 fully saturated rings. The Bertz CT molecular complexity index is 363. The maximum Gasteiger partial charge on any atom is 0.0594 e. The van der Waals surface area contributed by atoms with Crippen molar-refractivity contribution in [2.24, 2.45) is 0 Å². The Labute approximate surface area is 123 Å². The number of nitrogens with one attached hydrogen (secondary N) is 1. The molecule has 1 aromatic rings. The number of hydrogen-bond donors (Lipinski definition) is 1. The van der Waals surface area contributed by atoms with Crippen molar-refractivity contribution in [1.82, 2.24) is 10.2 Å². The predicted molar refractivity (Wildman–Crippen MR) is 84.2 cm³/mol. The van der Waals surface area contributed by atoms with Crippen molar-refractivity contribution in [3.63, 3.8) is 0 Å². The van der Waals surface area contributed by atoms with E-state index < -0.39 is 0 Å². The summed E-state index contributed by atoms with van der Waals surface area (Å²) in [4.78, 5) is 2.49. The van der Waals surface area contributed by atoms with Crippen molar-refractivity contribution in [2.45, 2.75) is 32.2 Å². The molecule has 1 aromatic carbocycles. The van der Waals surface area contributed by atoms with E-state index in [1.165, 1.54) is 12.0 Å². The van der Waals surface area contributed by atoms with Gasteiger partial charge in [-0.05, 0) is 31.4 Å². The molecule has 1 heterocycles. The van der Waals surface area contributed by atoms with Crippen molar-refractivity contribution >= 4 is 0 Å². The minimum absolute atomic E-state index is 0.552. The van der Waals surface area contributed by atoms with Crippen molar-refractivity contribution in [1.29, 1.82) is 0 Å². The molecule has 1 aliphatic heterocycles. The Kier molecular flexibility index (Phi) is 6.51. The Morgan fingerprint density at radius 2 is 1.85 bits per heavy atom. The zero-order valence-corrected chi connectivity index (χ0v) is 12.8. The maximum atomic E-state index is 5.38. The first-order valence-electron chi connectivity index (χ1n) is 7.84. The van der Waals surface area contributed by atoms with Crippen LogP contribution in [-0.4, -0.2) is 50.3 Å². The number of morpholine rings is 1. The molecular weight excluding hydrogens is 248 g/mol. The van der Waals surface area contributed by atoms with Gasteiger partial charge in [0.2, 0.25) is 0 Å². The van der Waals surface area contributed by atoms with Gasteiger partial charge in [-0.25, -0.2) is 0 Å². The monoisotopic (exact) mass is 276 g/mol. The molecule has 1 N–H and O–H groups in total. The number of ether oxygens (including phenoxy) is 1. The molecule has 1 saturated heterocycles. The molecule has 0 radical (unpaired) electrons. The molecule has 0 saturated carbocycles. The molecule has 0 amide bonds. The van der Waals surface area contributed by atoms with Gasteiger partial charge in [0.05, 0.1) is 13.2 Å². The van der Waals surface area contributed by atoms with Gasteiger partial charge in [0.15, 0.2) is 0 Å². The third-order valence-corrected chi connectivity index (χ3v) is 4.07. The van der Waals surface area contributed by atoms with Crippen LogP contribution in [-0.2, 0) is 4.74 Å². The van der Waals surface area contributed by atoms with E-state index in [1.807, 2.05) is 0 Å². The highest BCUT2D eigenvalue weighted by Crippen LogP contribution is 2.17. The second-order valence-electron chi connectivity index (χ2n) is 5.87. The highest BCUT2D eigenvalue weighted by molar-refractivity contribution is 5.18. The fourth-order valence-electron chi connectivity index (χ4n) is 2.73. The van der Waals surface area contributed by atoms with Crippen LogP contribution < -0.4 is 5.32 Å². The SMILES string of the molecule is CC(CN1CCOCC1)NCCC(C)c1ccccc1. The molecule has 0 spiro atoms. The average molecular weight is 276 g/mol. The highest BCUT2D eigenvalue weighted by atomic mass is 16.5. The summed E-state index contributed by atoms with van der Waals surface area (Å²) in [6.45, 7) is 10.7. The van der Waals surface area contributed by atoms with Crippen LogP contribution in [0, 0.1) is 0 Å². The predicted octanol–water partition coefficient (Wildman–Crippen LogP) is 2.49. The molecule has 112 valence electrons. The summed E-state index contributed by atoms with van der Waals surface area (Å²) >= 11 is 0. The standard InChI is InChI=1S/C17H28N2O/c1-15(17-6-4-3-5-7-17)8-9-18-16(2)14-19-10-12-20-13-11-19/h3-7,15-16,18H,8-14H2,1-2H3. The summed E-state index contributed by atoms with van der Waals surface area (Å²) in [5.41, 5.74) is 1.44. The van der Waals surface area contributed by atoms with E-state index in [4.69, 9.17) is 4.74 Å². The minimum atomic E-state index is 0.552. The number of hydrogen-bond acceptors (Lipinski definition) is 3. The molecule has 2 unspecified atom stereocenters. The average Bonchev–Trinajstić information content (AvgIpc) is 2.49. The molecule has 0 aromatic heterocycles. The Balaban J connectivity index is 1.62. The fraction of sp³-hybridized carbons (Fsp3) is 0.647. The van der Waals surface area contributed by atoms with Crippen LogP contribution in [0.2, 0.25) is 0 Å². The van der Waals surface area contributed by atoms with Gasteiger partial charge in [0.25, 0.3) is 0 Å². The van der Waals surface area contributed by atoms with E-state index in [2.05, 4.69) is 54.4 Å². The Morgan fingerprint density at radius 3 is 2.55 bits per heavy atom.